The number of rotatable bonds is 3. The zero-order valence-electron chi connectivity index (χ0n) is 8.20. The summed E-state index contributed by atoms with van der Waals surface area (Å²) >= 11 is 0. The first-order valence-corrected chi connectivity index (χ1v) is 6.32. The van der Waals surface area contributed by atoms with Gasteiger partial charge in [-0.3, -0.25) is 0 Å². The largest absolute Gasteiger partial charge is 0.247 e. The molecule has 0 N–H and O–H groups in total. The van der Waals surface area contributed by atoms with Crippen LogP contribution in [0.3, 0.4) is 0 Å². The Kier molecular flexibility index (Phi) is 2.56. The SMILES string of the molecule is C=CC1CC(S(=O)(=O)c2ncccn2)C1. The van der Waals surface area contributed by atoms with Crippen LogP contribution in [0.15, 0.2) is 36.3 Å². The first kappa shape index (κ1) is 10.3. The molecule has 0 saturated heterocycles. The Bertz CT molecular complexity index is 450. The highest BCUT2D eigenvalue weighted by Crippen LogP contribution is 2.35. The molecule has 0 bridgehead atoms. The summed E-state index contributed by atoms with van der Waals surface area (Å²) in [5.41, 5.74) is 0. The zero-order chi connectivity index (χ0) is 10.9. The van der Waals surface area contributed by atoms with Gasteiger partial charge in [0.1, 0.15) is 0 Å². The lowest BCUT2D eigenvalue weighted by atomic mass is 9.85. The minimum atomic E-state index is -3.32. The van der Waals surface area contributed by atoms with Crippen LogP contribution in [0.1, 0.15) is 12.8 Å². The van der Waals surface area contributed by atoms with Crippen molar-refractivity contribution in [1.82, 2.24) is 9.97 Å². The summed E-state index contributed by atoms with van der Waals surface area (Å²) in [6.07, 6.45) is 5.99. The number of allylic oxidation sites excluding steroid dienone is 1. The quantitative estimate of drug-likeness (QED) is 0.572. The van der Waals surface area contributed by atoms with E-state index in [1.165, 1.54) is 12.4 Å². The summed E-state index contributed by atoms with van der Waals surface area (Å²) < 4.78 is 23.8. The zero-order valence-corrected chi connectivity index (χ0v) is 9.02. The molecule has 0 aromatic carbocycles. The lowest BCUT2D eigenvalue weighted by Gasteiger charge is -2.31. The van der Waals surface area contributed by atoms with Gasteiger partial charge in [0.15, 0.2) is 0 Å². The summed E-state index contributed by atoms with van der Waals surface area (Å²) in [6.45, 7) is 3.65. The minimum absolute atomic E-state index is 0.0579. The molecule has 1 saturated carbocycles. The van der Waals surface area contributed by atoms with Crippen LogP contribution in [-0.4, -0.2) is 23.6 Å². The summed E-state index contributed by atoms with van der Waals surface area (Å²) in [7, 11) is -3.32. The third kappa shape index (κ3) is 1.79. The van der Waals surface area contributed by atoms with Gasteiger partial charge in [-0.15, -0.1) is 6.58 Å². The van der Waals surface area contributed by atoms with Gasteiger partial charge in [-0.05, 0) is 24.8 Å². The van der Waals surface area contributed by atoms with Crippen molar-refractivity contribution in [2.45, 2.75) is 23.2 Å². The molecule has 0 radical (unpaired) electrons. The standard InChI is InChI=1S/C10H12N2O2S/c1-2-8-6-9(7-8)15(13,14)10-11-4-3-5-12-10/h2-5,8-9H,1,6-7H2. The molecule has 0 aliphatic heterocycles. The van der Waals surface area contributed by atoms with Crippen molar-refractivity contribution in [2.24, 2.45) is 5.92 Å². The highest BCUT2D eigenvalue weighted by atomic mass is 32.2. The maximum absolute atomic E-state index is 11.9. The lowest BCUT2D eigenvalue weighted by molar-refractivity contribution is 0.381. The highest BCUT2D eigenvalue weighted by Gasteiger charge is 2.39. The molecule has 80 valence electrons. The van der Waals surface area contributed by atoms with E-state index >= 15 is 0 Å². The maximum Gasteiger partial charge on any atom is 0.247 e. The van der Waals surface area contributed by atoms with Gasteiger partial charge in [0.05, 0.1) is 5.25 Å². The van der Waals surface area contributed by atoms with Gasteiger partial charge in [0, 0.05) is 12.4 Å². The van der Waals surface area contributed by atoms with Crippen molar-refractivity contribution >= 4 is 9.84 Å². The normalized spacial score (nSPS) is 25.6. The Balaban J connectivity index is 2.19. The monoisotopic (exact) mass is 224 g/mol. The Morgan fingerprint density at radius 2 is 1.93 bits per heavy atom. The highest BCUT2D eigenvalue weighted by molar-refractivity contribution is 7.91. The lowest BCUT2D eigenvalue weighted by Crippen LogP contribution is -2.35. The van der Waals surface area contributed by atoms with Crippen LogP contribution in [0, 0.1) is 5.92 Å². The van der Waals surface area contributed by atoms with E-state index in [4.69, 9.17) is 0 Å². The third-order valence-electron chi connectivity index (χ3n) is 2.70. The molecule has 0 amide bonds. The first-order chi connectivity index (χ1) is 7.14. The van der Waals surface area contributed by atoms with E-state index in [9.17, 15) is 8.42 Å². The van der Waals surface area contributed by atoms with Crippen molar-refractivity contribution in [1.29, 1.82) is 0 Å². The third-order valence-corrected chi connectivity index (χ3v) is 4.68. The van der Waals surface area contributed by atoms with Crippen LogP contribution in [0.4, 0.5) is 0 Å². The van der Waals surface area contributed by atoms with Crippen LogP contribution < -0.4 is 0 Å². The average Bonchev–Trinajstić information content (AvgIpc) is 2.17. The van der Waals surface area contributed by atoms with Crippen LogP contribution >= 0.6 is 0 Å². The number of hydrogen-bond acceptors (Lipinski definition) is 4. The van der Waals surface area contributed by atoms with Gasteiger partial charge in [0.25, 0.3) is 0 Å². The van der Waals surface area contributed by atoms with E-state index in [0.29, 0.717) is 18.8 Å². The molecule has 0 spiro atoms. The molecular weight excluding hydrogens is 212 g/mol. The predicted molar refractivity (Wildman–Crippen MR) is 55.9 cm³/mol. The Labute approximate surface area is 89.0 Å². The Morgan fingerprint density at radius 1 is 1.33 bits per heavy atom. The Hall–Kier alpha value is -1.23. The topological polar surface area (TPSA) is 59.9 Å². The van der Waals surface area contributed by atoms with E-state index < -0.39 is 9.84 Å². The molecule has 0 atom stereocenters. The van der Waals surface area contributed by atoms with Crippen molar-refractivity contribution < 1.29 is 8.42 Å². The molecular formula is C10H12N2O2S. The van der Waals surface area contributed by atoms with E-state index in [2.05, 4.69) is 16.5 Å². The molecule has 15 heavy (non-hydrogen) atoms. The van der Waals surface area contributed by atoms with Gasteiger partial charge in [-0.25, -0.2) is 18.4 Å². The van der Waals surface area contributed by atoms with Gasteiger partial charge < -0.3 is 0 Å². The molecule has 1 aliphatic rings. The fraction of sp³-hybridized carbons (Fsp3) is 0.400. The van der Waals surface area contributed by atoms with Gasteiger partial charge >= 0.3 is 0 Å². The number of aromatic nitrogens is 2. The van der Waals surface area contributed by atoms with Gasteiger partial charge in [0.2, 0.25) is 15.0 Å². The van der Waals surface area contributed by atoms with Crippen molar-refractivity contribution in [3.63, 3.8) is 0 Å². The fourth-order valence-electron chi connectivity index (χ4n) is 1.63. The molecule has 5 heteroatoms. The fourth-order valence-corrected chi connectivity index (χ4v) is 3.35. The van der Waals surface area contributed by atoms with Crippen LogP contribution in [0.5, 0.6) is 0 Å². The molecule has 2 rings (SSSR count). The second kappa shape index (κ2) is 3.73. The molecule has 1 aliphatic carbocycles. The van der Waals surface area contributed by atoms with E-state index in [1.54, 1.807) is 12.1 Å². The molecule has 1 heterocycles. The first-order valence-electron chi connectivity index (χ1n) is 4.78. The van der Waals surface area contributed by atoms with Gasteiger partial charge in [-0.2, -0.15) is 0 Å². The summed E-state index contributed by atoms with van der Waals surface area (Å²) in [5, 5.41) is -0.389. The molecule has 0 unspecified atom stereocenters. The van der Waals surface area contributed by atoms with Crippen LogP contribution in [0.25, 0.3) is 0 Å². The molecule has 1 aromatic rings. The minimum Gasteiger partial charge on any atom is -0.227 e. The van der Waals surface area contributed by atoms with Crippen LogP contribution in [-0.2, 0) is 9.84 Å². The molecule has 1 aromatic heterocycles. The Morgan fingerprint density at radius 3 is 2.47 bits per heavy atom. The maximum atomic E-state index is 11.9. The van der Waals surface area contributed by atoms with Crippen molar-refractivity contribution in [2.75, 3.05) is 0 Å². The summed E-state index contributed by atoms with van der Waals surface area (Å²) in [4.78, 5) is 7.56. The average molecular weight is 224 g/mol. The number of nitrogens with zero attached hydrogens (tertiary/aromatic N) is 2. The summed E-state index contributed by atoms with van der Waals surface area (Å²) in [5.74, 6) is 0.327. The van der Waals surface area contributed by atoms with E-state index in [0.717, 1.165) is 0 Å². The van der Waals surface area contributed by atoms with E-state index in [1.807, 2.05) is 0 Å². The van der Waals surface area contributed by atoms with Crippen LogP contribution in [0.2, 0.25) is 0 Å². The summed E-state index contributed by atoms with van der Waals surface area (Å²) in [6, 6.07) is 1.60. The molecule has 4 nitrogen and oxygen atoms in total. The van der Waals surface area contributed by atoms with Crippen molar-refractivity contribution in [3.05, 3.63) is 31.1 Å². The van der Waals surface area contributed by atoms with E-state index in [-0.39, 0.29) is 10.4 Å². The second-order valence-corrected chi connectivity index (χ2v) is 5.79. The number of hydrogen-bond donors (Lipinski definition) is 0. The van der Waals surface area contributed by atoms with Crippen molar-refractivity contribution in [3.8, 4) is 0 Å². The smallest absolute Gasteiger partial charge is 0.227 e. The second-order valence-electron chi connectivity index (χ2n) is 3.67. The van der Waals surface area contributed by atoms with Gasteiger partial charge in [-0.1, -0.05) is 6.08 Å². The predicted octanol–water partition coefficient (Wildman–Crippen LogP) is 1.21. The molecule has 1 fully saturated rings. The number of sulfone groups is 1.